The van der Waals surface area contributed by atoms with E-state index in [1.165, 1.54) is 4.90 Å². The second-order valence-electron chi connectivity index (χ2n) is 4.79. The van der Waals surface area contributed by atoms with E-state index in [0.29, 0.717) is 12.4 Å². The molecule has 1 saturated heterocycles. The summed E-state index contributed by atoms with van der Waals surface area (Å²) in [4.78, 5) is 29.2. The lowest BCUT2D eigenvalue weighted by molar-refractivity contribution is -0.142. The van der Waals surface area contributed by atoms with Gasteiger partial charge in [-0.3, -0.25) is 14.7 Å². The Hall–Kier alpha value is -1.96. The Morgan fingerprint density at radius 2 is 2.25 bits per heavy atom. The van der Waals surface area contributed by atoms with Crippen LogP contribution in [0.1, 0.15) is 29.8 Å². The molecule has 0 aromatic carbocycles. The first-order chi connectivity index (χ1) is 9.54. The van der Waals surface area contributed by atoms with Crippen LogP contribution in [0.4, 0.5) is 0 Å². The fourth-order valence-corrected chi connectivity index (χ4v) is 2.31. The van der Waals surface area contributed by atoms with E-state index in [2.05, 4.69) is 15.2 Å². The molecule has 20 heavy (non-hydrogen) atoms. The second-order valence-corrected chi connectivity index (χ2v) is 4.79. The van der Waals surface area contributed by atoms with Gasteiger partial charge in [-0.2, -0.15) is 0 Å². The molecule has 2 N–H and O–H groups in total. The first-order valence-corrected chi connectivity index (χ1v) is 6.55. The molecule has 0 aliphatic carbocycles. The van der Waals surface area contributed by atoms with Gasteiger partial charge in [0.25, 0.3) is 5.91 Å². The standard InChI is InChI=1S/C12H18N4O4/c1-3-4-16(9-6-20-5-8(9)12(18)19)11(17)10-13-7(2)14-15-10/h8-9H,3-6H2,1-2H3,(H,18,19)(H,13,14,15). The average molecular weight is 282 g/mol. The molecule has 8 nitrogen and oxygen atoms in total. The van der Waals surface area contributed by atoms with Gasteiger partial charge in [-0.1, -0.05) is 6.92 Å². The SMILES string of the molecule is CCCN(C(=O)c1n[nH]c(C)n1)C1COCC1C(=O)O. The maximum atomic E-state index is 12.4. The Kier molecular flexibility index (Phi) is 4.33. The number of aliphatic carboxylic acids is 1. The fraction of sp³-hybridized carbons (Fsp3) is 0.667. The lowest BCUT2D eigenvalue weighted by atomic mass is 10.0. The van der Waals surface area contributed by atoms with Crippen molar-refractivity contribution in [2.24, 2.45) is 5.92 Å². The predicted octanol–water partition coefficient (Wildman–Crippen LogP) is 0.0649. The molecular weight excluding hydrogens is 264 g/mol. The van der Waals surface area contributed by atoms with Crippen LogP contribution in [0.2, 0.25) is 0 Å². The van der Waals surface area contributed by atoms with Gasteiger partial charge in [-0.25, -0.2) is 4.98 Å². The minimum absolute atomic E-state index is 0.0620. The number of carbonyl (C=O) groups is 2. The smallest absolute Gasteiger partial charge is 0.311 e. The van der Waals surface area contributed by atoms with Crippen molar-refractivity contribution in [3.63, 3.8) is 0 Å². The van der Waals surface area contributed by atoms with Crippen LogP contribution in [-0.2, 0) is 9.53 Å². The molecule has 2 heterocycles. The molecule has 1 aromatic heterocycles. The molecule has 2 rings (SSSR count). The Balaban J connectivity index is 2.22. The average Bonchev–Trinajstić information content (AvgIpc) is 3.03. The van der Waals surface area contributed by atoms with Crippen molar-refractivity contribution in [3.05, 3.63) is 11.6 Å². The predicted molar refractivity (Wildman–Crippen MR) is 68.2 cm³/mol. The number of carboxylic acid groups (broad SMARTS) is 1. The van der Waals surface area contributed by atoms with Crippen LogP contribution in [0.25, 0.3) is 0 Å². The highest BCUT2D eigenvalue weighted by molar-refractivity contribution is 5.91. The van der Waals surface area contributed by atoms with Gasteiger partial charge in [-0.05, 0) is 13.3 Å². The first kappa shape index (κ1) is 14.4. The van der Waals surface area contributed by atoms with Crippen LogP contribution in [0.3, 0.4) is 0 Å². The number of hydrogen-bond donors (Lipinski definition) is 2. The minimum atomic E-state index is -0.951. The Bertz CT molecular complexity index is 501. The van der Waals surface area contributed by atoms with Gasteiger partial charge in [0.2, 0.25) is 5.82 Å². The highest BCUT2D eigenvalue weighted by Crippen LogP contribution is 2.21. The van der Waals surface area contributed by atoms with E-state index in [0.717, 1.165) is 6.42 Å². The molecule has 1 fully saturated rings. The highest BCUT2D eigenvalue weighted by Gasteiger charge is 2.40. The third kappa shape index (κ3) is 2.79. The van der Waals surface area contributed by atoms with E-state index in [1.54, 1.807) is 6.92 Å². The summed E-state index contributed by atoms with van der Waals surface area (Å²) < 4.78 is 5.23. The van der Waals surface area contributed by atoms with Crippen molar-refractivity contribution in [1.82, 2.24) is 20.1 Å². The van der Waals surface area contributed by atoms with Gasteiger partial charge in [0.1, 0.15) is 11.7 Å². The van der Waals surface area contributed by atoms with Crippen LogP contribution in [0.5, 0.6) is 0 Å². The fourth-order valence-electron chi connectivity index (χ4n) is 2.31. The number of aryl methyl sites for hydroxylation is 1. The van der Waals surface area contributed by atoms with Crippen molar-refractivity contribution < 1.29 is 19.4 Å². The van der Waals surface area contributed by atoms with Gasteiger partial charge >= 0.3 is 5.97 Å². The van der Waals surface area contributed by atoms with Crippen LogP contribution in [-0.4, -0.2) is 62.9 Å². The third-order valence-electron chi connectivity index (χ3n) is 3.28. The number of nitrogens with one attached hydrogen (secondary N) is 1. The van der Waals surface area contributed by atoms with Crippen LogP contribution in [0.15, 0.2) is 0 Å². The summed E-state index contributed by atoms with van der Waals surface area (Å²) in [7, 11) is 0. The molecule has 0 bridgehead atoms. The molecule has 8 heteroatoms. The zero-order chi connectivity index (χ0) is 14.7. The number of hydrogen-bond acceptors (Lipinski definition) is 5. The van der Waals surface area contributed by atoms with Crippen molar-refractivity contribution in [2.75, 3.05) is 19.8 Å². The largest absolute Gasteiger partial charge is 0.481 e. The van der Waals surface area contributed by atoms with Crippen molar-refractivity contribution in [3.8, 4) is 0 Å². The third-order valence-corrected chi connectivity index (χ3v) is 3.28. The molecule has 0 saturated carbocycles. The summed E-state index contributed by atoms with van der Waals surface area (Å²) in [5.41, 5.74) is 0. The molecule has 1 aliphatic rings. The molecule has 110 valence electrons. The highest BCUT2D eigenvalue weighted by atomic mass is 16.5. The lowest BCUT2D eigenvalue weighted by Gasteiger charge is -2.29. The molecule has 2 atom stereocenters. The normalized spacial score (nSPS) is 21.9. The Morgan fingerprint density at radius 3 is 2.80 bits per heavy atom. The van der Waals surface area contributed by atoms with Crippen molar-refractivity contribution in [2.45, 2.75) is 26.3 Å². The number of H-pyrrole nitrogens is 1. The zero-order valence-electron chi connectivity index (χ0n) is 11.5. The van der Waals surface area contributed by atoms with Crippen LogP contribution < -0.4 is 0 Å². The molecule has 1 amide bonds. The molecule has 1 aromatic rings. The number of amides is 1. The maximum absolute atomic E-state index is 12.4. The molecule has 0 spiro atoms. The molecular formula is C12H18N4O4. The quantitative estimate of drug-likeness (QED) is 0.790. The topological polar surface area (TPSA) is 108 Å². The number of aromatic amines is 1. The molecule has 1 aliphatic heterocycles. The zero-order valence-corrected chi connectivity index (χ0v) is 11.5. The van der Waals surface area contributed by atoms with Crippen molar-refractivity contribution >= 4 is 11.9 Å². The molecule has 2 unspecified atom stereocenters. The van der Waals surface area contributed by atoms with Crippen LogP contribution >= 0.6 is 0 Å². The summed E-state index contributed by atoms with van der Waals surface area (Å²) in [6.45, 7) is 4.43. The number of rotatable bonds is 5. The van der Waals surface area contributed by atoms with Gasteiger partial charge < -0.3 is 14.7 Å². The number of nitrogens with zero attached hydrogens (tertiary/aromatic N) is 3. The summed E-state index contributed by atoms with van der Waals surface area (Å²) in [5.74, 6) is -1.41. The number of carboxylic acids is 1. The van der Waals surface area contributed by atoms with E-state index >= 15 is 0 Å². The van der Waals surface area contributed by atoms with E-state index in [4.69, 9.17) is 4.74 Å². The monoisotopic (exact) mass is 282 g/mol. The summed E-state index contributed by atoms with van der Waals surface area (Å²) >= 11 is 0. The number of ether oxygens (including phenoxy) is 1. The second kappa shape index (κ2) is 6.00. The van der Waals surface area contributed by atoms with Gasteiger partial charge in [-0.15, -0.1) is 5.10 Å². The van der Waals surface area contributed by atoms with E-state index in [-0.39, 0.29) is 24.9 Å². The summed E-state index contributed by atoms with van der Waals surface area (Å²) in [5, 5.41) is 15.7. The Labute approximate surface area is 116 Å². The maximum Gasteiger partial charge on any atom is 0.311 e. The van der Waals surface area contributed by atoms with Gasteiger partial charge in [0, 0.05) is 6.54 Å². The van der Waals surface area contributed by atoms with Gasteiger partial charge in [0.15, 0.2) is 0 Å². The Morgan fingerprint density at radius 1 is 1.50 bits per heavy atom. The minimum Gasteiger partial charge on any atom is -0.481 e. The van der Waals surface area contributed by atoms with E-state index in [9.17, 15) is 14.7 Å². The first-order valence-electron chi connectivity index (χ1n) is 6.55. The van der Waals surface area contributed by atoms with E-state index < -0.39 is 17.9 Å². The van der Waals surface area contributed by atoms with Crippen molar-refractivity contribution in [1.29, 1.82) is 0 Å². The number of carbonyl (C=O) groups excluding carboxylic acids is 1. The summed E-state index contributed by atoms with van der Waals surface area (Å²) in [6.07, 6.45) is 0.720. The van der Waals surface area contributed by atoms with Crippen LogP contribution in [0, 0.1) is 12.8 Å². The molecule has 0 radical (unpaired) electrons. The van der Waals surface area contributed by atoms with E-state index in [1.807, 2.05) is 6.92 Å². The lowest BCUT2D eigenvalue weighted by Crippen LogP contribution is -2.47. The van der Waals surface area contributed by atoms with Gasteiger partial charge in [0.05, 0.1) is 19.3 Å². The summed E-state index contributed by atoms with van der Waals surface area (Å²) in [6, 6.07) is -0.473. The number of aromatic nitrogens is 3.